The maximum absolute atomic E-state index is 13.3. The van der Waals surface area contributed by atoms with Crippen molar-refractivity contribution in [3.05, 3.63) is 0 Å². The number of thioether (sulfide) groups is 4. The number of hydrogen-bond acceptors (Lipinski definition) is 15. The topological polar surface area (TPSA) is 90.0 Å². The van der Waals surface area contributed by atoms with Crippen LogP contribution in [0.25, 0.3) is 0 Å². The number of hydrogen-bond donors (Lipinski definition) is 1. The minimum atomic E-state index is -1.23. The first-order valence-corrected chi connectivity index (χ1v) is 22.1. The van der Waals surface area contributed by atoms with Gasteiger partial charge in [-0.05, 0) is 52.0 Å². The van der Waals surface area contributed by atoms with Crippen LogP contribution in [-0.2, 0) is 28.7 Å². The van der Waals surface area contributed by atoms with Crippen LogP contribution in [0.2, 0.25) is 0 Å². The molecular formula is C28H45NO6S9. The Morgan fingerprint density at radius 1 is 0.841 bits per heavy atom. The van der Waals surface area contributed by atoms with Crippen molar-refractivity contribution in [2.24, 2.45) is 11.3 Å². The number of carbonyl (C=O) groups is 4. The van der Waals surface area contributed by atoms with Crippen molar-refractivity contribution in [2.75, 3.05) is 48.5 Å². The van der Waals surface area contributed by atoms with Crippen molar-refractivity contribution in [3.8, 4) is 0 Å². The second-order valence-corrected chi connectivity index (χ2v) is 21.2. The van der Waals surface area contributed by atoms with E-state index in [1.54, 1.807) is 25.6 Å². The van der Waals surface area contributed by atoms with E-state index < -0.39 is 27.3 Å². The molecule has 0 spiro atoms. The molecule has 0 aliphatic carbocycles. The lowest BCUT2D eigenvalue weighted by molar-refractivity contribution is -0.159. The average Bonchev–Trinajstić information content (AvgIpc) is 3.18. The molecule has 2 unspecified atom stereocenters. The Balaban J connectivity index is 2.53. The van der Waals surface area contributed by atoms with Gasteiger partial charge in [0.25, 0.3) is 0 Å². The molecule has 0 saturated carbocycles. The number of ether oxygens (including phenoxy) is 2. The van der Waals surface area contributed by atoms with Crippen molar-refractivity contribution >= 4 is 137 Å². The molecule has 1 saturated heterocycles. The number of imide groups is 1. The van der Waals surface area contributed by atoms with Crippen molar-refractivity contribution in [1.82, 2.24) is 4.90 Å². The lowest BCUT2D eigenvalue weighted by Crippen LogP contribution is -2.43. The lowest BCUT2D eigenvalue weighted by atomic mass is 9.77. The molecule has 0 aromatic rings. The third-order valence-corrected chi connectivity index (χ3v) is 14.6. The third-order valence-electron chi connectivity index (χ3n) is 6.34. The summed E-state index contributed by atoms with van der Waals surface area (Å²) in [6, 6.07) is 0. The van der Waals surface area contributed by atoms with E-state index in [1.807, 2.05) is 13.8 Å². The summed E-state index contributed by atoms with van der Waals surface area (Å²) in [5.41, 5.74) is -1.23. The Bertz CT molecular complexity index is 995. The molecule has 2 amide bonds. The van der Waals surface area contributed by atoms with Crippen LogP contribution in [0.3, 0.4) is 0 Å². The molecule has 2 atom stereocenters. The zero-order chi connectivity index (χ0) is 33.3. The second kappa shape index (κ2) is 22.4. The Labute approximate surface area is 304 Å². The van der Waals surface area contributed by atoms with E-state index >= 15 is 0 Å². The van der Waals surface area contributed by atoms with Gasteiger partial charge in [-0.15, -0.1) is 23.5 Å². The predicted molar refractivity (Wildman–Crippen MR) is 208 cm³/mol. The van der Waals surface area contributed by atoms with Gasteiger partial charge in [-0.3, -0.25) is 24.1 Å². The molecule has 0 N–H and O–H groups in total. The first-order valence-electron chi connectivity index (χ1n) is 14.5. The van der Waals surface area contributed by atoms with Gasteiger partial charge < -0.3 is 9.47 Å². The van der Waals surface area contributed by atoms with E-state index in [-0.39, 0.29) is 37.5 Å². The summed E-state index contributed by atoms with van der Waals surface area (Å²) in [6.45, 7) is 11.8. The first-order chi connectivity index (χ1) is 20.7. The van der Waals surface area contributed by atoms with Gasteiger partial charge in [-0.2, -0.15) is 12.6 Å². The van der Waals surface area contributed by atoms with Crippen LogP contribution in [0.4, 0.5) is 0 Å². The normalized spacial score (nSPS) is 17.2. The van der Waals surface area contributed by atoms with Gasteiger partial charge in [-0.1, -0.05) is 96.2 Å². The molecule has 252 valence electrons. The number of carbonyl (C=O) groups excluding carboxylic acids is 4. The van der Waals surface area contributed by atoms with Crippen LogP contribution >= 0.6 is 106 Å². The molecule has 0 aromatic heterocycles. The first kappa shape index (κ1) is 42.7. The number of thiocarbonyl (C=S) groups is 2. The number of rotatable bonds is 20. The number of esters is 2. The SMILES string of the molecule is CCCCSC(=S)SC1C(=O)N(CCS)C(=O)C1C(C)(C)C(=O)OCCSSCCOC(=O)C(C)(C)SC(=S)SCCCC. The molecule has 1 fully saturated rings. The predicted octanol–water partition coefficient (Wildman–Crippen LogP) is 7.65. The summed E-state index contributed by atoms with van der Waals surface area (Å²) >= 11 is 20.8. The van der Waals surface area contributed by atoms with Crippen molar-refractivity contribution in [2.45, 2.75) is 77.2 Å². The number of unbranched alkanes of at least 4 members (excludes halogenated alkanes) is 2. The standard InChI is InChI=1S/C28H45NO6S9/c1-7-9-15-39-25(37)43-20-19(21(30)29(11-14-36)22(20)31)27(3,4)23(32)34-12-17-41-42-18-13-35-24(33)28(5,6)44-26(38)40-16-10-8-2/h19-20,36H,7-18H2,1-6H3. The molecular weight excluding hydrogens is 735 g/mol. The quantitative estimate of drug-likeness (QED) is 0.0328. The molecule has 0 radical (unpaired) electrons. The summed E-state index contributed by atoms with van der Waals surface area (Å²) in [4.78, 5) is 53.5. The van der Waals surface area contributed by atoms with Gasteiger partial charge in [0.15, 0.2) is 0 Å². The van der Waals surface area contributed by atoms with Gasteiger partial charge >= 0.3 is 11.9 Å². The minimum Gasteiger partial charge on any atom is -0.464 e. The van der Waals surface area contributed by atoms with Crippen LogP contribution in [0.1, 0.15) is 67.2 Å². The number of thiol groups is 1. The Hall–Kier alpha value is 0.710. The Kier molecular flexibility index (Phi) is 21.7. The van der Waals surface area contributed by atoms with Crippen LogP contribution < -0.4 is 0 Å². The van der Waals surface area contributed by atoms with Crippen LogP contribution in [-0.4, -0.2) is 94.2 Å². The molecule has 0 aromatic carbocycles. The van der Waals surface area contributed by atoms with E-state index in [0.717, 1.165) is 40.7 Å². The molecule has 1 rings (SSSR count). The fourth-order valence-electron chi connectivity index (χ4n) is 3.79. The third kappa shape index (κ3) is 14.4. The molecule has 16 heteroatoms. The van der Waals surface area contributed by atoms with Gasteiger partial charge in [-0.25, -0.2) is 0 Å². The Morgan fingerprint density at radius 3 is 1.89 bits per heavy atom. The summed E-state index contributed by atoms with van der Waals surface area (Å²) in [6.07, 6.45) is 4.23. The second-order valence-electron chi connectivity index (χ2n) is 10.7. The lowest BCUT2D eigenvalue weighted by Gasteiger charge is -2.30. The largest absolute Gasteiger partial charge is 0.464 e. The highest BCUT2D eigenvalue weighted by atomic mass is 33.1. The molecule has 1 heterocycles. The molecule has 1 aliphatic rings. The van der Waals surface area contributed by atoms with Gasteiger partial charge in [0.05, 0.1) is 11.3 Å². The number of likely N-dealkylation sites (tertiary alicyclic amines) is 1. The maximum Gasteiger partial charge on any atom is 0.322 e. The smallest absolute Gasteiger partial charge is 0.322 e. The van der Waals surface area contributed by atoms with Crippen LogP contribution in [0, 0.1) is 11.3 Å². The van der Waals surface area contributed by atoms with Crippen LogP contribution in [0.5, 0.6) is 0 Å². The fourth-order valence-corrected chi connectivity index (χ4v) is 11.8. The van der Waals surface area contributed by atoms with Crippen molar-refractivity contribution in [1.29, 1.82) is 0 Å². The van der Waals surface area contributed by atoms with E-state index in [4.69, 9.17) is 33.9 Å². The molecule has 0 bridgehead atoms. The summed E-state index contributed by atoms with van der Waals surface area (Å²) < 4.78 is 11.6. The van der Waals surface area contributed by atoms with E-state index in [1.165, 1.54) is 61.8 Å². The van der Waals surface area contributed by atoms with Gasteiger partial charge in [0.2, 0.25) is 11.8 Å². The number of nitrogens with zero attached hydrogens (tertiary/aromatic N) is 1. The van der Waals surface area contributed by atoms with E-state index in [9.17, 15) is 19.2 Å². The molecule has 1 aliphatic heterocycles. The number of amides is 2. The van der Waals surface area contributed by atoms with Crippen LogP contribution in [0.15, 0.2) is 0 Å². The van der Waals surface area contributed by atoms with E-state index in [2.05, 4.69) is 26.5 Å². The Morgan fingerprint density at radius 2 is 1.36 bits per heavy atom. The summed E-state index contributed by atoms with van der Waals surface area (Å²) in [7, 11) is 3.02. The molecule has 44 heavy (non-hydrogen) atoms. The van der Waals surface area contributed by atoms with Crippen molar-refractivity contribution < 1.29 is 28.7 Å². The summed E-state index contributed by atoms with van der Waals surface area (Å²) in [5.74, 6) is 0.795. The highest BCUT2D eigenvalue weighted by Crippen LogP contribution is 2.44. The molecule has 7 nitrogen and oxygen atoms in total. The van der Waals surface area contributed by atoms with Gasteiger partial charge in [0.1, 0.15) is 30.3 Å². The highest BCUT2D eigenvalue weighted by molar-refractivity contribution is 8.76. The maximum atomic E-state index is 13.3. The highest BCUT2D eigenvalue weighted by Gasteiger charge is 2.57. The van der Waals surface area contributed by atoms with E-state index in [0.29, 0.717) is 20.8 Å². The van der Waals surface area contributed by atoms with Gasteiger partial charge in [0, 0.05) is 23.8 Å². The van der Waals surface area contributed by atoms with Crippen molar-refractivity contribution in [3.63, 3.8) is 0 Å². The fraction of sp³-hybridized carbons (Fsp3) is 0.786. The summed E-state index contributed by atoms with van der Waals surface area (Å²) in [5, 5.41) is -0.780. The zero-order valence-corrected chi connectivity index (χ0v) is 33.7. The minimum absolute atomic E-state index is 0.148. The zero-order valence-electron chi connectivity index (χ0n) is 26.2. The average molecular weight is 780 g/mol. The monoisotopic (exact) mass is 779 g/mol.